The van der Waals surface area contributed by atoms with Crippen LogP contribution in [-0.2, 0) is 9.59 Å². The lowest BCUT2D eigenvalue weighted by molar-refractivity contribution is -0.136. The van der Waals surface area contributed by atoms with Crippen molar-refractivity contribution in [2.24, 2.45) is 17.8 Å². The Kier molecular flexibility index (Phi) is 2.78. The predicted octanol–water partition coefficient (Wildman–Crippen LogP) is -0.810. The highest BCUT2D eigenvalue weighted by Gasteiger charge is 2.40. The number of nitrogens with zero attached hydrogens (tertiary/aromatic N) is 1. The molecule has 0 spiro atoms. The van der Waals surface area contributed by atoms with Crippen molar-refractivity contribution >= 4 is 11.8 Å². The Hall–Kier alpha value is -1.10. The molecule has 5 nitrogen and oxygen atoms in total. The summed E-state index contributed by atoms with van der Waals surface area (Å²) in [4.78, 5) is 25.4. The van der Waals surface area contributed by atoms with Crippen molar-refractivity contribution in [3.8, 4) is 0 Å². The zero-order valence-electron chi connectivity index (χ0n) is 9.95. The molecule has 0 aromatic heterocycles. The number of nitrogens with one attached hydrogen (secondary N) is 2. The lowest BCUT2D eigenvalue weighted by atomic mass is 9.98. The number of carbonyl (C=O) groups excluding carboxylic acids is 2. The monoisotopic (exact) mass is 237 g/mol. The molecule has 5 heteroatoms. The third-order valence-corrected chi connectivity index (χ3v) is 4.32. The predicted molar refractivity (Wildman–Crippen MR) is 62.2 cm³/mol. The fraction of sp³-hybridized carbons (Fsp3) is 0.833. The van der Waals surface area contributed by atoms with E-state index in [0.29, 0.717) is 24.8 Å². The molecule has 3 unspecified atom stereocenters. The van der Waals surface area contributed by atoms with Gasteiger partial charge in [0.05, 0.1) is 5.92 Å². The Morgan fingerprint density at radius 3 is 2.47 bits per heavy atom. The third kappa shape index (κ3) is 2.04. The van der Waals surface area contributed by atoms with Crippen molar-refractivity contribution < 1.29 is 9.59 Å². The molecule has 17 heavy (non-hydrogen) atoms. The Morgan fingerprint density at radius 1 is 1.18 bits per heavy atom. The first-order chi connectivity index (χ1) is 8.24. The van der Waals surface area contributed by atoms with Crippen LogP contribution >= 0.6 is 0 Å². The number of piperidine rings is 1. The molecule has 0 aromatic carbocycles. The first-order valence-electron chi connectivity index (χ1n) is 6.50. The zero-order valence-corrected chi connectivity index (χ0v) is 9.95. The Labute approximate surface area is 101 Å². The van der Waals surface area contributed by atoms with Gasteiger partial charge in [-0.3, -0.25) is 9.59 Å². The van der Waals surface area contributed by atoms with E-state index in [1.54, 1.807) is 0 Å². The lowest BCUT2D eigenvalue weighted by Crippen LogP contribution is -2.44. The summed E-state index contributed by atoms with van der Waals surface area (Å²) in [6.07, 6.45) is 1.22. The minimum absolute atomic E-state index is 0.0134. The summed E-state index contributed by atoms with van der Waals surface area (Å²) in [5.74, 6) is 1.64. The number of rotatable bonds is 1. The highest BCUT2D eigenvalue weighted by Crippen LogP contribution is 2.28. The van der Waals surface area contributed by atoms with E-state index in [2.05, 4.69) is 10.6 Å². The molecule has 2 N–H and O–H groups in total. The van der Waals surface area contributed by atoms with Crippen molar-refractivity contribution in [1.29, 1.82) is 0 Å². The molecule has 0 aromatic rings. The summed E-state index contributed by atoms with van der Waals surface area (Å²) in [6.45, 7) is 4.44. The molecule has 0 bridgehead atoms. The largest absolute Gasteiger partial charge is 0.355 e. The minimum atomic E-state index is 0.0134. The van der Waals surface area contributed by atoms with Crippen LogP contribution in [0, 0.1) is 17.8 Å². The van der Waals surface area contributed by atoms with Crippen LogP contribution in [0.4, 0.5) is 0 Å². The maximum atomic E-state index is 12.3. The van der Waals surface area contributed by atoms with Crippen LogP contribution in [0.1, 0.15) is 12.8 Å². The summed E-state index contributed by atoms with van der Waals surface area (Å²) in [5.41, 5.74) is 0. The van der Waals surface area contributed by atoms with Gasteiger partial charge in [-0.25, -0.2) is 0 Å². The molecule has 0 aliphatic carbocycles. The van der Waals surface area contributed by atoms with Gasteiger partial charge in [0.2, 0.25) is 11.8 Å². The van der Waals surface area contributed by atoms with E-state index in [9.17, 15) is 9.59 Å². The van der Waals surface area contributed by atoms with E-state index in [1.165, 1.54) is 0 Å². The molecule has 3 heterocycles. The van der Waals surface area contributed by atoms with Crippen LogP contribution in [0.5, 0.6) is 0 Å². The molecule has 94 valence electrons. The van der Waals surface area contributed by atoms with Crippen molar-refractivity contribution in [2.45, 2.75) is 12.8 Å². The Bertz CT molecular complexity index is 323. The quantitative estimate of drug-likeness (QED) is 0.627. The number of amides is 2. The van der Waals surface area contributed by atoms with Crippen LogP contribution in [0.2, 0.25) is 0 Å². The van der Waals surface area contributed by atoms with Gasteiger partial charge in [-0.1, -0.05) is 0 Å². The van der Waals surface area contributed by atoms with E-state index in [-0.39, 0.29) is 17.7 Å². The Morgan fingerprint density at radius 2 is 1.88 bits per heavy atom. The average Bonchev–Trinajstić information content (AvgIpc) is 2.89. The van der Waals surface area contributed by atoms with Crippen molar-refractivity contribution in [2.75, 3.05) is 32.7 Å². The fourth-order valence-corrected chi connectivity index (χ4v) is 3.24. The topological polar surface area (TPSA) is 61.4 Å². The van der Waals surface area contributed by atoms with Crippen LogP contribution in [0.25, 0.3) is 0 Å². The number of likely N-dealkylation sites (tertiary alicyclic amines) is 1. The molecule has 3 rings (SSSR count). The normalized spacial score (nSPS) is 36.8. The summed E-state index contributed by atoms with van der Waals surface area (Å²) in [6, 6.07) is 0. The highest BCUT2D eigenvalue weighted by molar-refractivity contribution is 5.84. The first kappa shape index (κ1) is 11.0. The second-order valence-electron chi connectivity index (χ2n) is 5.46. The van der Waals surface area contributed by atoms with Gasteiger partial charge in [0.25, 0.3) is 0 Å². The van der Waals surface area contributed by atoms with Crippen LogP contribution in [0.3, 0.4) is 0 Å². The molecule has 2 amide bonds. The maximum Gasteiger partial charge on any atom is 0.227 e. The first-order valence-corrected chi connectivity index (χ1v) is 6.50. The maximum absolute atomic E-state index is 12.3. The molecule has 3 atom stereocenters. The van der Waals surface area contributed by atoms with E-state index in [1.807, 2.05) is 4.90 Å². The highest BCUT2D eigenvalue weighted by atomic mass is 16.2. The number of carbonyl (C=O) groups is 2. The van der Waals surface area contributed by atoms with Gasteiger partial charge in [-0.15, -0.1) is 0 Å². The molecule has 0 radical (unpaired) electrons. The molecular weight excluding hydrogens is 218 g/mol. The zero-order chi connectivity index (χ0) is 11.8. The van der Waals surface area contributed by atoms with Crippen molar-refractivity contribution in [3.05, 3.63) is 0 Å². The summed E-state index contributed by atoms with van der Waals surface area (Å²) < 4.78 is 0. The van der Waals surface area contributed by atoms with Gasteiger partial charge in [-0.2, -0.15) is 0 Å². The molecule has 3 fully saturated rings. The molecule has 3 saturated heterocycles. The molecule has 3 aliphatic rings. The van der Waals surface area contributed by atoms with E-state index in [0.717, 1.165) is 32.6 Å². The van der Waals surface area contributed by atoms with Crippen LogP contribution in [0.15, 0.2) is 0 Å². The minimum Gasteiger partial charge on any atom is -0.355 e. The van der Waals surface area contributed by atoms with Gasteiger partial charge >= 0.3 is 0 Å². The molecule has 3 aliphatic heterocycles. The third-order valence-electron chi connectivity index (χ3n) is 4.32. The number of fused-ring (bicyclic) bond motifs is 1. The number of hydrogen-bond donors (Lipinski definition) is 2. The average molecular weight is 237 g/mol. The van der Waals surface area contributed by atoms with Crippen molar-refractivity contribution in [3.63, 3.8) is 0 Å². The van der Waals surface area contributed by atoms with Gasteiger partial charge in [0, 0.05) is 39.1 Å². The van der Waals surface area contributed by atoms with Gasteiger partial charge in [-0.05, 0) is 18.3 Å². The summed E-state index contributed by atoms with van der Waals surface area (Å²) in [5, 5.41) is 6.16. The van der Waals surface area contributed by atoms with Crippen molar-refractivity contribution in [1.82, 2.24) is 15.5 Å². The second-order valence-corrected chi connectivity index (χ2v) is 5.46. The van der Waals surface area contributed by atoms with Gasteiger partial charge in [0.1, 0.15) is 0 Å². The van der Waals surface area contributed by atoms with E-state index >= 15 is 0 Å². The molecule has 0 saturated carbocycles. The standard InChI is InChI=1S/C12H19N3O2/c16-11-2-1-8(5-14-11)12(17)15-6-9-3-13-4-10(9)7-15/h8-10,13H,1-7H2,(H,14,16). The van der Waals surface area contributed by atoms with Crippen LogP contribution < -0.4 is 10.6 Å². The second kappa shape index (κ2) is 4.29. The van der Waals surface area contributed by atoms with Gasteiger partial charge in [0.15, 0.2) is 0 Å². The molecular formula is C12H19N3O2. The van der Waals surface area contributed by atoms with E-state index < -0.39 is 0 Å². The lowest BCUT2D eigenvalue weighted by Gasteiger charge is -2.27. The summed E-state index contributed by atoms with van der Waals surface area (Å²) >= 11 is 0. The van der Waals surface area contributed by atoms with Crippen LogP contribution in [-0.4, -0.2) is 49.4 Å². The fourth-order valence-electron chi connectivity index (χ4n) is 3.24. The summed E-state index contributed by atoms with van der Waals surface area (Å²) in [7, 11) is 0. The Balaban J connectivity index is 1.58. The van der Waals surface area contributed by atoms with Gasteiger partial charge < -0.3 is 15.5 Å². The SMILES string of the molecule is O=C1CCC(C(=O)N2CC3CNCC3C2)CN1. The number of hydrogen-bond acceptors (Lipinski definition) is 3. The van der Waals surface area contributed by atoms with E-state index in [4.69, 9.17) is 0 Å². The smallest absolute Gasteiger partial charge is 0.227 e.